The third-order valence-electron chi connectivity index (χ3n) is 2.48. The second-order valence-corrected chi connectivity index (χ2v) is 3.51. The van der Waals surface area contributed by atoms with Crippen molar-refractivity contribution in [2.45, 2.75) is 19.3 Å². The van der Waals surface area contributed by atoms with Crippen molar-refractivity contribution in [1.29, 1.82) is 0 Å². The standard InChI is InChI=1S/C8H13ClO3/c9-4-1-8(7(10)11)2-5-12-6-3-8/h1-6H2,(H,10,11). The van der Waals surface area contributed by atoms with E-state index in [4.69, 9.17) is 21.4 Å². The van der Waals surface area contributed by atoms with Crippen LogP contribution in [0.4, 0.5) is 0 Å². The molecule has 1 heterocycles. The molecule has 0 spiro atoms. The Labute approximate surface area is 76.7 Å². The van der Waals surface area contributed by atoms with E-state index in [0.717, 1.165) is 0 Å². The summed E-state index contributed by atoms with van der Waals surface area (Å²) in [5.41, 5.74) is -0.611. The lowest BCUT2D eigenvalue weighted by Gasteiger charge is -2.32. The topological polar surface area (TPSA) is 46.5 Å². The lowest BCUT2D eigenvalue weighted by Crippen LogP contribution is -2.37. The van der Waals surface area contributed by atoms with E-state index in [1.165, 1.54) is 0 Å². The van der Waals surface area contributed by atoms with Gasteiger partial charge in [-0.15, -0.1) is 11.6 Å². The molecule has 0 bridgehead atoms. The Hall–Kier alpha value is -0.280. The molecule has 0 amide bonds. The maximum atomic E-state index is 11.0. The van der Waals surface area contributed by atoms with Gasteiger partial charge in [0.1, 0.15) is 0 Å². The summed E-state index contributed by atoms with van der Waals surface area (Å²) in [7, 11) is 0. The average molecular weight is 193 g/mol. The third kappa shape index (κ3) is 1.90. The summed E-state index contributed by atoms with van der Waals surface area (Å²) >= 11 is 5.56. The van der Waals surface area contributed by atoms with E-state index in [9.17, 15) is 4.79 Å². The lowest BCUT2D eigenvalue weighted by molar-refractivity contribution is -0.155. The van der Waals surface area contributed by atoms with Crippen molar-refractivity contribution in [1.82, 2.24) is 0 Å². The number of hydrogen-bond acceptors (Lipinski definition) is 2. The number of halogens is 1. The van der Waals surface area contributed by atoms with Crippen molar-refractivity contribution >= 4 is 17.6 Å². The first kappa shape index (κ1) is 9.81. The van der Waals surface area contributed by atoms with Gasteiger partial charge in [-0.2, -0.15) is 0 Å². The molecule has 0 saturated carbocycles. The highest BCUT2D eigenvalue weighted by Crippen LogP contribution is 2.34. The van der Waals surface area contributed by atoms with E-state index in [1.54, 1.807) is 0 Å². The van der Waals surface area contributed by atoms with Gasteiger partial charge in [-0.1, -0.05) is 0 Å². The van der Waals surface area contributed by atoms with Crippen LogP contribution in [0.3, 0.4) is 0 Å². The van der Waals surface area contributed by atoms with Crippen molar-refractivity contribution in [2.24, 2.45) is 5.41 Å². The zero-order valence-electron chi connectivity index (χ0n) is 6.88. The molecule has 1 fully saturated rings. The quantitative estimate of drug-likeness (QED) is 0.690. The van der Waals surface area contributed by atoms with Gasteiger partial charge in [0.2, 0.25) is 0 Å². The molecule has 12 heavy (non-hydrogen) atoms. The summed E-state index contributed by atoms with van der Waals surface area (Å²) in [5.74, 6) is -0.321. The number of hydrogen-bond donors (Lipinski definition) is 1. The van der Waals surface area contributed by atoms with Crippen LogP contribution >= 0.6 is 11.6 Å². The van der Waals surface area contributed by atoms with Gasteiger partial charge in [0.25, 0.3) is 0 Å². The molecule has 0 aliphatic carbocycles. The molecule has 0 aromatic rings. The van der Waals surface area contributed by atoms with Crippen LogP contribution in [0.15, 0.2) is 0 Å². The van der Waals surface area contributed by atoms with E-state index in [-0.39, 0.29) is 0 Å². The van der Waals surface area contributed by atoms with Crippen molar-refractivity contribution in [2.75, 3.05) is 19.1 Å². The first-order chi connectivity index (χ1) is 5.71. The second-order valence-electron chi connectivity index (χ2n) is 3.14. The lowest BCUT2D eigenvalue weighted by atomic mass is 9.78. The number of alkyl halides is 1. The zero-order chi connectivity index (χ0) is 9.03. The predicted molar refractivity (Wildman–Crippen MR) is 45.5 cm³/mol. The fourth-order valence-electron chi connectivity index (χ4n) is 1.51. The molecule has 1 rings (SSSR count). The van der Waals surface area contributed by atoms with Crippen LogP contribution in [0.1, 0.15) is 19.3 Å². The maximum Gasteiger partial charge on any atom is 0.309 e. The number of aliphatic carboxylic acids is 1. The molecule has 0 unspecified atom stereocenters. The van der Waals surface area contributed by atoms with Crippen LogP contribution in [0.25, 0.3) is 0 Å². The van der Waals surface area contributed by atoms with Gasteiger partial charge in [0.15, 0.2) is 0 Å². The van der Waals surface area contributed by atoms with E-state index < -0.39 is 11.4 Å². The van der Waals surface area contributed by atoms with Crippen LogP contribution in [0.5, 0.6) is 0 Å². The highest BCUT2D eigenvalue weighted by atomic mass is 35.5. The highest BCUT2D eigenvalue weighted by Gasteiger charge is 2.39. The monoisotopic (exact) mass is 192 g/mol. The Bertz CT molecular complexity index is 158. The Balaban J connectivity index is 2.63. The van der Waals surface area contributed by atoms with E-state index in [2.05, 4.69) is 0 Å². The average Bonchev–Trinajstić information content (AvgIpc) is 2.06. The van der Waals surface area contributed by atoms with Crippen molar-refractivity contribution < 1.29 is 14.6 Å². The molecule has 0 atom stereocenters. The van der Waals surface area contributed by atoms with Crippen LogP contribution < -0.4 is 0 Å². The minimum atomic E-state index is -0.730. The Morgan fingerprint density at radius 2 is 2.08 bits per heavy atom. The summed E-state index contributed by atoms with van der Waals surface area (Å²) in [6, 6.07) is 0. The summed E-state index contributed by atoms with van der Waals surface area (Å²) in [4.78, 5) is 11.0. The predicted octanol–water partition coefficient (Wildman–Crippen LogP) is 1.50. The molecule has 0 aromatic heterocycles. The van der Waals surface area contributed by atoms with Crippen molar-refractivity contribution in [3.8, 4) is 0 Å². The Morgan fingerprint density at radius 1 is 1.50 bits per heavy atom. The maximum absolute atomic E-state index is 11.0. The molecule has 1 aliphatic rings. The Morgan fingerprint density at radius 3 is 2.50 bits per heavy atom. The van der Waals surface area contributed by atoms with Gasteiger partial charge in [-0.05, 0) is 19.3 Å². The smallest absolute Gasteiger partial charge is 0.309 e. The number of rotatable bonds is 3. The zero-order valence-corrected chi connectivity index (χ0v) is 7.64. The molecule has 4 heteroatoms. The summed E-state index contributed by atoms with van der Waals surface area (Å²) in [5, 5.41) is 9.01. The Kier molecular flexibility index (Phi) is 3.35. The van der Waals surface area contributed by atoms with E-state index in [0.29, 0.717) is 38.4 Å². The van der Waals surface area contributed by atoms with Crippen molar-refractivity contribution in [3.05, 3.63) is 0 Å². The largest absolute Gasteiger partial charge is 0.481 e. The van der Waals surface area contributed by atoms with E-state index >= 15 is 0 Å². The molecule has 1 saturated heterocycles. The normalized spacial score (nSPS) is 22.1. The van der Waals surface area contributed by atoms with Crippen LogP contribution in [0.2, 0.25) is 0 Å². The minimum absolute atomic E-state index is 0.409. The van der Waals surface area contributed by atoms with Gasteiger partial charge in [-0.3, -0.25) is 4.79 Å². The second kappa shape index (κ2) is 4.10. The summed E-state index contributed by atoms with van der Waals surface area (Å²) in [6.45, 7) is 1.09. The third-order valence-corrected chi connectivity index (χ3v) is 2.67. The first-order valence-electron chi connectivity index (χ1n) is 4.08. The van der Waals surface area contributed by atoms with E-state index in [1.807, 2.05) is 0 Å². The number of carbonyl (C=O) groups is 1. The highest BCUT2D eigenvalue weighted by molar-refractivity contribution is 6.18. The SMILES string of the molecule is O=C(O)C1(CCCl)CCOCC1. The van der Waals surface area contributed by atoms with Crippen molar-refractivity contribution in [3.63, 3.8) is 0 Å². The first-order valence-corrected chi connectivity index (χ1v) is 4.62. The number of carboxylic acid groups (broad SMARTS) is 1. The molecule has 70 valence electrons. The molecule has 1 aliphatic heterocycles. The molecular weight excluding hydrogens is 180 g/mol. The molecule has 0 radical (unpaired) electrons. The summed E-state index contributed by atoms with van der Waals surface area (Å²) in [6.07, 6.45) is 1.73. The molecule has 3 nitrogen and oxygen atoms in total. The minimum Gasteiger partial charge on any atom is -0.481 e. The molecule has 0 aromatic carbocycles. The van der Waals surface area contributed by atoms with Crippen LogP contribution in [-0.4, -0.2) is 30.2 Å². The van der Waals surface area contributed by atoms with Gasteiger partial charge in [-0.25, -0.2) is 0 Å². The van der Waals surface area contributed by atoms with Gasteiger partial charge in [0.05, 0.1) is 5.41 Å². The summed E-state index contributed by atoms with van der Waals surface area (Å²) < 4.78 is 5.11. The van der Waals surface area contributed by atoms with Gasteiger partial charge < -0.3 is 9.84 Å². The number of ether oxygens (including phenoxy) is 1. The molecule has 1 N–H and O–H groups in total. The number of carboxylic acids is 1. The van der Waals surface area contributed by atoms with Gasteiger partial charge in [0, 0.05) is 19.1 Å². The van der Waals surface area contributed by atoms with Gasteiger partial charge >= 0.3 is 5.97 Å². The fraction of sp³-hybridized carbons (Fsp3) is 0.875. The molecular formula is C8H13ClO3. The van der Waals surface area contributed by atoms with Crippen LogP contribution in [-0.2, 0) is 9.53 Å². The van der Waals surface area contributed by atoms with Crippen LogP contribution in [0, 0.1) is 5.41 Å². The fourth-order valence-corrected chi connectivity index (χ4v) is 1.88.